The predicted molar refractivity (Wildman–Crippen MR) is 87.2 cm³/mol. The summed E-state index contributed by atoms with van der Waals surface area (Å²) in [6.45, 7) is -0.327. The van der Waals surface area contributed by atoms with E-state index in [9.17, 15) is 18.0 Å². The summed E-state index contributed by atoms with van der Waals surface area (Å²) in [5, 5.41) is 7.05. The zero-order valence-electron chi connectivity index (χ0n) is 12.2. The zero-order chi connectivity index (χ0) is 18.2. The number of benzene rings is 1. The third-order valence-corrected chi connectivity index (χ3v) is 4.03. The minimum absolute atomic E-state index is 0.0181. The van der Waals surface area contributed by atoms with Crippen LogP contribution < -0.4 is 5.56 Å². The molecule has 3 aromatic rings. The fraction of sp³-hybridized carbons (Fsp3) is 0.133. The molecule has 0 bridgehead atoms. The maximum Gasteiger partial charge on any atom is 0.417 e. The van der Waals surface area contributed by atoms with Gasteiger partial charge in [-0.1, -0.05) is 27.5 Å². The third-order valence-electron chi connectivity index (χ3n) is 3.23. The van der Waals surface area contributed by atoms with Crippen molar-refractivity contribution >= 4 is 27.5 Å². The molecule has 0 spiro atoms. The molecule has 0 amide bonds. The normalized spacial score (nSPS) is 11.7. The van der Waals surface area contributed by atoms with Gasteiger partial charge in [-0.25, -0.2) is 0 Å². The lowest BCUT2D eigenvalue weighted by molar-refractivity contribution is -0.138. The molecule has 0 atom stereocenters. The number of hydrogen-bond donors (Lipinski definition) is 0. The summed E-state index contributed by atoms with van der Waals surface area (Å²) in [5.41, 5.74) is -1.18. The van der Waals surface area contributed by atoms with E-state index in [-0.39, 0.29) is 18.3 Å². The van der Waals surface area contributed by atoms with E-state index < -0.39 is 22.3 Å². The number of alkyl halides is 3. The van der Waals surface area contributed by atoms with Gasteiger partial charge in [0.2, 0.25) is 11.8 Å². The van der Waals surface area contributed by atoms with Gasteiger partial charge in [-0.3, -0.25) is 4.79 Å². The minimum Gasteiger partial charge on any atom is -0.419 e. The Balaban J connectivity index is 1.92. The van der Waals surface area contributed by atoms with Crippen molar-refractivity contribution in [3.8, 4) is 11.5 Å². The van der Waals surface area contributed by atoms with Gasteiger partial charge in [0.05, 0.1) is 5.56 Å². The number of pyridine rings is 1. The fourth-order valence-corrected chi connectivity index (χ4v) is 2.53. The number of halogens is 5. The van der Waals surface area contributed by atoms with E-state index in [1.807, 2.05) is 0 Å². The largest absolute Gasteiger partial charge is 0.419 e. The molecule has 0 unspecified atom stereocenters. The molecule has 2 heterocycles. The van der Waals surface area contributed by atoms with Crippen LogP contribution in [0.25, 0.3) is 11.5 Å². The number of hydrogen-bond acceptors (Lipinski definition) is 4. The van der Waals surface area contributed by atoms with Crippen LogP contribution in [0.2, 0.25) is 5.02 Å². The van der Waals surface area contributed by atoms with Crippen molar-refractivity contribution in [2.24, 2.45) is 0 Å². The molecule has 0 N–H and O–H groups in total. The predicted octanol–water partition coefficient (Wildman–Crippen LogP) is 4.38. The molecule has 0 aliphatic heterocycles. The summed E-state index contributed by atoms with van der Waals surface area (Å²) in [5.74, 6) is 0.170. The molecule has 3 rings (SSSR count). The quantitative estimate of drug-likeness (QED) is 0.614. The molecule has 2 aromatic heterocycles. The molecule has 0 aliphatic carbocycles. The van der Waals surface area contributed by atoms with Crippen LogP contribution >= 0.6 is 27.5 Å². The van der Waals surface area contributed by atoms with Gasteiger partial charge in [-0.15, -0.1) is 10.2 Å². The lowest BCUT2D eigenvalue weighted by atomic mass is 10.2. The summed E-state index contributed by atoms with van der Waals surface area (Å²) in [7, 11) is 0. The average molecular weight is 435 g/mol. The van der Waals surface area contributed by atoms with Gasteiger partial charge in [-0.2, -0.15) is 13.2 Å². The highest BCUT2D eigenvalue weighted by atomic mass is 79.9. The first-order valence-electron chi connectivity index (χ1n) is 6.79. The molecule has 0 fully saturated rings. The van der Waals surface area contributed by atoms with Crippen LogP contribution in [0.3, 0.4) is 0 Å². The van der Waals surface area contributed by atoms with Gasteiger partial charge in [0.1, 0.15) is 11.6 Å². The van der Waals surface area contributed by atoms with Gasteiger partial charge in [0.25, 0.3) is 5.56 Å². The Bertz CT molecular complexity index is 967. The van der Waals surface area contributed by atoms with Crippen LogP contribution in [0.4, 0.5) is 13.2 Å². The fourth-order valence-electron chi connectivity index (χ4n) is 2.04. The molecule has 1 aromatic carbocycles. The SMILES string of the molecule is O=c1c(Cl)cc(C(F)(F)F)cn1Cc1nnc(-c2ccc(Br)cc2)o1. The van der Waals surface area contributed by atoms with Crippen molar-refractivity contribution in [3.05, 3.63) is 67.8 Å². The highest BCUT2D eigenvalue weighted by molar-refractivity contribution is 9.10. The summed E-state index contributed by atoms with van der Waals surface area (Å²) in [4.78, 5) is 11.9. The smallest absolute Gasteiger partial charge is 0.417 e. The third kappa shape index (κ3) is 3.93. The van der Waals surface area contributed by atoms with Crippen LogP contribution in [0.1, 0.15) is 11.5 Å². The Morgan fingerprint density at radius 3 is 2.52 bits per heavy atom. The van der Waals surface area contributed by atoms with E-state index in [0.29, 0.717) is 17.8 Å². The second-order valence-electron chi connectivity index (χ2n) is 5.02. The minimum atomic E-state index is -4.63. The van der Waals surface area contributed by atoms with Crippen molar-refractivity contribution in [2.75, 3.05) is 0 Å². The van der Waals surface area contributed by atoms with Crippen molar-refractivity contribution in [3.63, 3.8) is 0 Å². The first kappa shape index (κ1) is 17.7. The maximum absolute atomic E-state index is 12.8. The van der Waals surface area contributed by atoms with E-state index in [2.05, 4.69) is 26.1 Å². The second kappa shape index (κ2) is 6.64. The number of aromatic nitrogens is 3. The van der Waals surface area contributed by atoms with Gasteiger partial charge in [-0.05, 0) is 30.3 Å². The Morgan fingerprint density at radius 2 is 1.88 bits per heavy atom. The molecule has 10 heteroatoms. The highest BCUT2D eigenvalue weighted by Crippen LogP contribution is 2.29. The van der Waals surface area contributed by atoms with Gasteiger partial charge >= 0.3 is 6.18 Å². The van der Waals surface area contributed by atoms with Crippen molar-refractivity contribution < 1.29 is 17.6 Å². The highest BCUT2D eigenvalue weighted by Gasteiger charge is 2.32. The van der Waals surface area contributed by atoms with Crippen molar-refractivity contribution in [1.29, 1.82) is 0 Å². The molecular weight excluding hydrogens is 427 g/mol. The van der Waals surface area contributed by atoms with Crippen LogP contribution in [0.15, 0.2) is 50.2 Å². The summed E-state index contributed by atoms with van der Waals surface area (Å²) in [6.07, 6.45) is -3.96. The molecular formula is C15H8BrClF3N3O2. The first-order valence-corrected chi connectivity index (χ1v) is 7.96. The molecule has 0 saturated carbocycles. The second-order valence-corrected chi connectivity index (χ2v) is 6.34. The Labute approximate surface area is 152 Å². The van der Waals surface area contributed by atoms with E-state index in [1.165, 1.54) is 0 Å². The Hall–Kier alpha value is -2.13. The lowest BCUT2D eigenvalue weighted by Gasteiger charge is -2.10. The van der Waals surface area contributed by atoms with Gasteiger partial charge < -0.3 is 8.98 Å². The zero-order valence-corrected chi connectivity index (χ0v) is 14.6. The number of nitrogens with zero attached hydrogens (tertiary/aromatic N) is 3. The van der Waals surface area contributed by atoms with Crippen LogP contribution in [-0.4, -0.2) is 14.8 Å². The van der Waals surface area contributed by atoms with Crippen molar-refractivity contribution in [2.45, 2.75) is 12.7 Å². The van der Waals surface area contributed by atoms with E-state index in [1.54, 1.807) is 24.3 Å². The molecule has 0 radical (unpaired) electrons. The van der Waals surface area contributed by atoms with Crippen LogP contribution in [0.5, 0.6) is 0 Å². The number of rotatable bonds is 3. The molecule has 0 aliphatic rings. The van der Waals surface area contributed by atoms with Gasteiger partial charge in [0, 0.05) is 16.2 Å². The monoisotopic (exact) mass is 433 g/mol. The molecule has 25 heavy (non-hydrogen) atoms. The van der Waals surface area contributed by atoms with E-state index in [0.717, 1.165) is 9.04 Å². The molecule has 0 saturated heterocycles. The van der Waals surface area contributed by atoms with E-state index >= 15 is 0 Å². The molecule has 130 valence electrons. The Kier molecular flexibility index (Phi) is 4.70. The lowest BCUT2D eigenvalue weighted by Crippen LogP contribution is -2.23. The topological polar surface area (TPSA) is 60.9 Å². The van der Waals surface area contributed by atoms with Crippen LogP contribution in [0, 0.1) is 0 Å². The maximum atomic E-state index is 12.8. The van der Waals surface area contributed by atoms with Gasteiger partial charge in [0.15, 0.2) is 0 Å². The summed E-state index contributed by atoms with van der Waals surface area (Å²) < 4.78 is 45.6. The van der Waals surface area contributed by atoms with Crippen molar-refractivity contribution in [1.82, 2.24) is 14.8 Å². The van der Waals surface area contributed by atoms with Crippen LogP contribution in [-0.2, 0) is 12.7 Å². The summed E-state index contributed by atoms with van der Waals surface area (Å²) in [6, 6.07) is 7.59. The standard InChI is InChI=1S/C15H8BrClF3N3O2/c16-10-3-1-8(2-4-10)13-22-21-12(25-13)7-23-6-9(15(18,19)20)5-11(17)14(23)24/h1-6H,7H2. The Morgan fingerprint density at radius 1 is 1.20 bits per heavy atom. The average Bonchev–Trinajstić information content (AvgIpc) is 3.00. The van der Waals surface area contributed by atoms with E-state index in [4.69, 9.17) is 16.0 Å². The first-order chi connectivity index (χ1) is 11.7. The summed E-state index contributed by atoms with van der Waals surface area (Å²) >= 11 is 8.90. The molecule has 5 nitrogen and oxygen atoms in total.